The maximum absolute atomic E-state index is 14.9. The highest BCUT2D eigenvalue weighted by molar-refractivity contribution is 8.03. The van der Waals surface area contributed by atoms with Crippen LogP contribution in [0.4, 0.5) is 22.0 Å². The molecule has 2 aliphatic carbocycles. The first kappa shape index (κ1) is 31.1. The fraction of sp³-hybridized carbons (Fsp3) is 0.419. The van der Waals surface area contributed by atoms with Gasteiger partial charge in [-0.3, -0.25) is 19.8 Å². The van der Waals surface area contributed by atoms with Crippen molar-refractivity contribution in [2.45, 2.75) is 68.1 Å². The van der Waals surface area contributed by atoms with Gasteiger partial charge >= 0.3 is 6.18 Å². The van der Waals surface area contributed by atoms with Crippen LogP contribution in [-0.4, -0.2) is 64.6 Å². The maximum atomic E-state index is 14.9. The Morgan fingerprint density at radius 2 is 1.82 bits per heavy atom. The van der Waals surface area contributed by atoms with Gasteiger partial charge in [0.25, 0.3) is 11.8 Å². The van der Waals surface area contributed by atoms with Crippen LogP contribution in [0.15, 0.2) is 53.4 Å². The number of thioether (sulfide) groups is 1. The van der Waals surface area contributed by atoms with Crippen LogP contribution in [0, 0.1) is 10.8 Å². The van der Waals surface area contributed by atoms with Gasteiger partial charge in [-0.2, -0.15) is 22.0 Å². The molecule has 3 amide bonds. The van der Waals surface area contributed by atoms with E-state index in [0.717, 1.165) is 4.90 Å². The van der Waals surface area contributed by atoms with Crippen LogP contribution in [0.3, 0.4) is 0 Å². The summed E-state index contributed by atoms with van der Waals surface area (Å²) in [4.78, 5) is 41.0. The van der Waals surface area contributed by atoms with Crippen molar-refractivity contribution in [1.82, 2.24) is 15.5 Å². The number of amides is 3. The van der Waals surface area contributed by atoms with Crippen molar-refractivity contribution >= 4 is 35.3 Å². The Bertz CT molecular complexity index is 1650. The zero-order valence-corrected chi connectivity index (χ0v) is 24.8. The summed E-state index contributed by atoms with van der Waals surface area (Å²) in [5, 5.41) is 14.5. The van der Waals surface area contributed by atoms with Crippen molar-refractivity contribution in [2.24, 2.45) is 11.1 Å². The molecule has 0 spiro atoms. The van der Waals surface area contributed by atoms with Crippen molar-refractivity contribution in [2.75, 3.05) is 6.54 Å². The lowest BCUT2D eigenvalue weighted by molar-refractivity contribution is -0.148. The highest BCUT2D eigenvalue weighted by Gasteiger charge is 2.69. The van der Waals surface area contributed by atoms with E-state index in [1.165, 1.54) is 48.2 Å². The second-order valence-electron chi connectivity index (χ2n) is 12.2. The monoisotopic (exact) mass is 647 g/mol. The fourth-order valence-corrected chi connectivity index (χ4v) is 8.04. The molecule has 1 saturated carbocycles. The number of rotatable bonds is 8. The third-order valence-electron chi connectivity index (χ3n) is 9.22. The van der Waals surface area contributed by atoms with E-state index in [1.807, 2.05) is 0 Å². The van der Waals surface area contributed by atoms with E-state index in [1.54, 1.807) is 18.4 Å². The van der Waals surface area contributed by atoms with Gasteiger partial charge in [-0.25, -0.2) is 0 Å². The first-order chi connectivity index (χ1) is 21.1. The summed E-state index contributed by atoms with van der Waals surface area (Å²) in [7, 11) is 0. The summed E-state index contributed by atoms with van der Waals surface area (Å²) in [6.45, 7) is 1.15. The standard InChI is InChI=1S/C31H30F5N5O3S/c1-15(23-9-17(13-45-23)26(37)38)40-28(44)22-10-29(14-30(32,33)34)11-24(29)41(22)25(42)12-39-27(43)16-6-7-21-19(8-16)18-4-2-3-5-20(18)31(21,35)36/h2-8,13,15,22-24H,9-12,14H2,1H3,(H3,37,38)(H,39,43)(H,40,44)/t15-,22?,23?,24+,29-/m1/s1. The number of hydrogen-bond donors (Lipinski definition) is 4. The van der Waals surface area contributed by atoms with Gasteiger partial charge in [0.1, 0.15) is 11.9 Å². The maximum Gasteiger partial charge on any atom is 0.389 e. The Morgan fingerprint density at radius 3 is 2.51 bits per heavy atom. The molecule has 0 aromatic heterocycles. The van der Waals surface area contributed by atoms with Crippen LogP contribution < -0.4 is 16.4 Å². The number of nitrogens with zero attached hydrogens (tertiary/aromatic N) is 1. The smallest absolute Gasteiger partial charge is 0.384 e. The number of piperidine rings is 1. The molecule has 4 aliphatic rings. The number of hydrogen-bond acceptors (Lipinski definition) is 5. The number of benzene rings is 2. The average molecular weight is 648 g/mol. The van der Waals surface area contributed by atoms with Gasteiger partial charge in [0.2, 0.25) is 11.8 Å². The number of likely N-dealkylation sites (tertiary alicyclic amines) is 1. The fourth-order valence-electron chi connectivity index (χ4n) is 6.90. The predicted octanol–water partition coefficient (Wildman–Crippen LogP) is 4.68. The van der Waals surface area contributed by atoms with Gasteiger partial charge in [0.15, 0.2) is 0 Å². The molecule has 45 heavy (non-hydrogen) atoms. The summed E-state index contributed by atoms with van der Waals surface area (Å²) in [5.41, 5.74) is 5.02. The molecule has 0 bridgehead atoms. The van der Waals surface area contributed by atoms with E-state index in [0.29, 0.717) is 17.6 Å². The molecular weight excluding hydrogens is 617 g/mol. The molecule has 5 atom stereocenters. The molecule has 5 N–H and O–H groups in total. The van der Waals surface area contributed by atoms with E-state index in [-0.39, 0.29) is 46.2 Å². The lowest BCUT2D eigenvalue weighted by atomic mass is 9.95. The molecule has 8 nitrogen and oxygen atoms in total. The van der Waals surface area contributed by atoms with E-state index >= 15 is 0 Å². The number of fused-ring (bicyclic) bond motifs is 4. The summed E-state index contributed by atoms with van der Waals surface area (Å²) in [5.74, 6) is -5.33. The van der Waals surface area contributed by atoms with Crippen LogP contribution in [0.5, 0.6) is 0 Å². The number of halogens is 5. The average Bonchev–Trinajstić information content (AvgIpc) is 3.28. The molecule has 2 aliphatic heterocycles. The van der Waals surface area contributed by atoms with Crippen molar-refractivity contribution < 1.29 is 36.3 Å². The molecule has 6 rings (SSSR count). The Labute approximate surface area is 259 Å². The summed E-state index contributed by atoms with van der Waals surface area (Å²) < 4.78 is 70.3. The summed E-state index contributed by atoms with van der Waals surface area (Å²) in [6.07, 6.45) is -5.26. The highest BCUT2D eigenvalue weighted by Crippen LogP contribution is 2.64. The second-order valence-corrected chi connectivity index (χ2v) is 13.3. The zero-order chi connectivity index (χ0) is 32.5. The van der Waals surface area contributed by atoms with Crippen molar-refractivity contribution in [3.63, 3.8) is 0 Å². The molecular formula is C31H30F5N5O3S. The molecule has 2 unspecified atom stereocenters. The van der Waals surface area contributed by atoms with Crippen molar-refractivity contribution in [1.29, 1.82) is 5.41 Å². The number of amidine groups is 1. The molecule has 2 aromatic carbocycles. The molecule has 238 valence electrons. The van der Waals surface area contributed by atoms with E-state index in [4.69, 9.17) is 11.1 Å². The van der Waals surface area contributed by atoms with Gasteiger partial charge in [0, 0.05) is 45.0 Å². The SMILES string of the molecule is C[C@@H](NC(=O)C1C[C@]2(CC(F)(F)F)C[C@@H]2N1C(=O)CNC(=O)c1ccc2c(c1)-c1ccccc1C2(F)F)C1CC(C(=N)N)=CS1. The molecule has 14 heteroatoms. The largest absolute Gasteiger partial charge is 0.389 e. The van der Waals surface area contributed by atoms with E-state index in [9.17, 15) is 36.3 Å². The third-order valence-corrected chi connectivity index (χ3v) is 10.6. The lowest BCUT2D eigenvalue weighted by Crippen LogP contribution is -2.53. The summed E-state index contributed by atoms with van der Waals surface area (Å²) in [6, 6.07) is 7.29. The van der Waals surface area contributed by atoms with Crippen molar-refractivity contribution in [3.8, 4) is 11.1 Å². The Balaban J connectivity index is 1.15. The number of carbonyl (C=O) groups is 3. The van der Waals surface area contributed by atoms with Crippen LogP contribution in [0.1, 0.15) is 54.1 Å². The number of nitrogens with two attached hydrogens (primary N) is 1. The predicted molar refractivity (Wildman–Crippen MR) is 158 cm³/mol. The normalized spacial score (nSPS) is 26.3. The Kier molecular flexibility index (Phi) is 7.49. The minimum Gasteiger partial charge on any atom is -0.384 e. The highest BCUT2D eigenvalue weighted by atomic mass is 32.2. The Morgan fingerprint density at radius 1 is 1.11 bits per heavy atom. The molecule has 2 fully saturated rings. The van der Waals surface area contributed by atoms with Gasteiger partial charge in [-0.05, 0) is 54.9 Å². The van der Waals surface area contributed by atoms with Gasteiger partial charge in [-0.15, -0.1) is 11.8 Å². The van der Waals surface area contributed by atoms with Crippen LogP contribution >= 0.6 is 11.8 Å². The van der Waals surface area contributed by atoms with Crippen LogP contribution in [0.25, 0.3) is 11.1 Å². The lowest BCUT2D eigenvalue weighted by Gasteiger charge is -2.29. The van der Waals surface area contributed by atoms with Crippen LogP contribution in [0.2, 0.25) is 0 Å². The van der Waals surface area contributed by atoms with Crippen LogP contribution in [-0.2, 0) is 15.5 Å². The van der Waals surface area contributed by atoms with E-state index < -0.39 is 66.3 Å². The number of carbonyl (C=O) groups excluding carboxylic acids is 3. The minimum atomic E-state index is -4.49. The molecule has 0 radical (unpaired) electrons. The zero-order valence-electron chi connectivity index (χ0n) is 24.0. The third kappa shape index (κ3) is 5.57. The van der Waals surface area contributed by atoms with Gasteiger partial charge in [-0.1, -0.05) is 30.3 Å². The summed E-state index contributed by atoms with van der Waals surface area (Å²) >= 11 is 1.39. The first-order valence-electron chi connectivity index (χ1n) is 14.4. The molecule has 1 saturated heterocycles. The first-order valence-corrected chi connectivity index (χ1v) is 15.3. The van der Waals surface area contributed by atoms with Gasteiger partial charge in [0.05, 0.1) is 13.0 Å². The number of alkyl halides is 5. The van der Waals surface area contributed by atoms with E-state index in [2.05, 4.69) is 10.6 Å². The molecule has 2 heterocycles. The minimum absolute atomic E-state index is 0.0315. The number of nitrogens with one attached hydrogen (secondary N) is 3. The second kappa shape index (κ2) is 10.8. The molecule has 2 aromatic rings. The Hall–Kier alpha value is -3.94. The topological polar surface area (TPSA) is 128 Å². The quantitative estimate of drug-likeness (QED) is 0.188. The van der Waals surface area contributed by atoms with Gasteiger partial charge < -0.3 is 21.3 Å². The van der Waals surface area contributed by atoms with Crippen molar-refractivity contribution in [3.05, 3.63) is 70.1 Å².